The number of likely N-dealkylation sites (N-methyl/N-ethyl adjacent to an activating group) is 1. The van der Waals surface area contributed by atoms with Crippen LogP contribution in [-0.4, -0.2) is 57.2 Å². The Kier molecular flexibility index (Phi) is 5.77. The van der Waals surface area contributed by atoms with E-state index >= 15 is 0 Å². The molecule has 2 saturated carbocycles. The number of aromatic nitrogens is 3. The summed E-state index contributed by atoms with van der Waals surface area (Å²) in [4.78, 5) is 21.8. The summed E-state index contributed by atoms with van der Waals surface area (Å²) in [7, 11) is 4.03. The molecule has 2 aliphatic carbocycles. The molecule has 35 heavy (non-hydrogen) atoms. The fourth-order valence-corrected chi connectivity index (χ4v) is 5.33. The van der Waals surface area contributed by atoms with Crippen LogP contribution in [0.5, 0.6) is 0 Å². The van der Waals surface area contributed by atoms with Crippen LogP contribution in [0.3, 0.4) is 0 Å². The van der Waals surface area contributed by atoms with Gasteiger partial charge in [0.15, 0.2) is 0 Å². The molecule has 180 valence electrons. The number of carbonyl (C=O) groups is 1. The molecule has 6 heteroatoms. The van der Waals surface area contributed by atoms with Crippen molar-refractivity contribution in [3.63, 3.8) is 0 Å². The molecule has 1 atom stereocenters. The lowest BCUT2D eigenvalue weighted by molar-refractivity contribution is -0.130. The maximum absolute atomic E-state index is 13.4. The number of fused-ring (bicyclic) bond motifs is 1. The van der Waals surface area contributed by atoms with E-state index in [-0.39, 0.29) is 11.9 Å². The van der Waals surface area contributed by atoms with Crippen LogP contribution in [0.15, 0.2) is 60.9 Å². The molecule has 0 N–H and O–H groups in total. The lowest BCUT2D eigenvalue weighted by Gasteiger charge is -2.36. The molecule has 1 amide bonds. The third-order valence-electron chi connectivity index (χ3n) is 7.50. The number of nitrogens with zero attached hydrogens (tertiary/aromatic N) is 5. The Labute approximate surface area is 207 Å². The number of benzene rings is 1. The summed E-state index contributed by atoms with van der Waals surface area (Å²) in [5.74, 6) is 1.37. The standard InChI is InChI=1S/C29H33N5O/c1-32(2)16-4-7-27(35)33-18-26-28(22-12-14-30-15-13-22)29(31-34(26)19-25(33)21-10-11-21)24-6-3-5-23(17-24)20-8-9-20/h3-7,12-15,17,20-21,25H,8-11,16,18-19H2,1-2H3/b7-4+/t25-/m1/s1. The number of carbonyl (C=O) groups excluding carboxylic acids is 1. The third-order valence-corrected chi connectivity index (χ3v) is 7.50. The molecule has 0 bridgehead atoms. The van der Waals surface area contributed by atoms with Crippen molar-refractivity contribution < 1.29 is 4.79 Å². The Morgan fingerprint density at radius 2 is 1.89 bits per heavy atom. The van der Waals surface area contributed by atoms with Crippen LogP contribution >= 0.6 is 0 Å². The van der Waals surface area contributed by atoms with E-state index in [4.69, 9.17) is 5.10 Å². The topological polar surface area (TPSA) is 54.3 Å². The minimum atomic E-state index is 0.106. The van der Waals surface area contributed by atoms with Gasteiger partial charge >= 0.3 is 0 Å². The van der Waals surface area contributed by atoms with E-state index in [0.29, 0.717) is 18.4 Å². The van der Waals surface area contributed by atoms with Crippen LogP contribution < -0.4 is 0 Å². The van der Waals surface area contributed by atoms with Gasteiger partial charge in [-0.25, -0.2) is 0 Å². The normalized spacial score (nSPS) is 20.0. The molecule has 0 saturated heterocycles. The zero-order valence-electron chi connectivity index (χ0n) is 20.6. The van der Waals surface area contributed by atoms with Gasteiger partial charge in [0.25, 0.3) is 0 Å². The van der Waals surface area contributed by atoms with Gasteiger partial charge in [-0.15, -0.1) is 0 Å². The fourth-order valence-electron chi connectivity index (χ4n) is 5.33. The molecule has 1 aliphatic heterocycles. The molecule has 6 nitrogen and oxygen atoms in total. The van der Waals surface area contributed by atoms with Crippen molar-refractivity contribution in [1.82, 2.24) is 24.6 Å². The number of amides is 1. The summed E-state index contributed by atoms with van der Waals surface area (Å²) >= 11 is 0. The highest BCUT2D eigenvalue weighted by atomic mass is 16.2. The van der Waals surface area contributed by atoms with Crippen LogP contribution in [0.4, 0.5) is 0 Å². The van der Waals surface area contributed by atoms with Gasteiger partial charge in [-0.2, -0.15) is 5.10 Å². The second kappa shape index (κ2) is 9.08. The minimum Gasteiger partial charge on any atom is -0.328 e. The second-order valence-electron chi connectivity index (χ2n) is 10.5. The number of pyridine rings is 1. The summed E-state index contributed by atoms with van der Waals surface area (Å²) in [6.07, 6.45) is 12.4. The van der Waals surface area contributed by atoms with E-state index < -0.39 is 0 Å². The highest BCUT2D eigenvalue weighted by molar-refractivity contribution is 5.89. The molecule has 6 rings (SSSR count). The zero-order chi connectivity index (χ0) is 23.9. The maximum Gasteiger partial charge on any atom is 0.246 e. The first-order valence-electron chi connectivity index (χ1n) is 12.8. The van der Waals surface area contributed by atoms with Crippen LogP contribution in [-0.2, 0) is 17.9 Å². The number of hydrogen-bond donors (Lipinski definition) is 0. The molecular weight excluding hydrogens is 434 g/mol. The predicted molar refractivity (Wildman–Crippen MR) is 138 cm³/mol. The summed E-state index contributed by atoms with van der Waals surface area (Å²) in [6.45, 7) is 2.10. The first-order chi connectivity index (χ1) is 17.1. The summed E-state index contributed by atoms with van der Waals surface area (Å²) in [5.41, 5.74) is 6.94. The van der Waals surface area contributed by atoms with E-state index in [1.54, 1.807) is 6.08 Å². The van der Waals surface area contributed by atoms with Crippen molar-refractivity contribution in [2.24, 2.45) is 5.92 Å². The van der Waals surface area contributed by atoms with E-state index in [0.717, 1.165) is 41.2 Å². The first-order valence-corrected chi connectivity index (χ1v) is 12.8. The highest BCUT2D eigenvalue weighted by Gasteiger charge is 2.41. The predicted octanol–water partition coefficient (Wildman–Crippen LogP) is 4.73. The van der Waals surface area contributed by atoms with Crippen molar-refractivity contribution in [2.75, 3.05) is 20.6 Å². The van der Waals surface area contributed by atoms with E-state index in [1.165, 1.54) is 31.2 Å². The van der Waals surface area contributed by atoms with Crippen molar-refractivity contribution in [2.45, 2.75) is 50.7 Å². The molecule has 1 aromatic carbocycles. The second-order valence-corrected chi connectivity index (χ2v) is 10.5. The van der Waals surface area contributed by atoms with Crippen molar-refractivity contribution in [3.8, 4) is 22.4 Å². The van der Waals surface area contributed by atoms with E-state index in [2.05, 4.69) is 55.9 Å². The molecule has 3 heterocycles. The van der Waals surface area contributed by atoms with Gasteiger partial charge in [0.2, 0.25) is 5.91 Å². The number of rotatable bonds is 7. The number of hydrogen-bond acceptors (Lipinski definition) is 4. The van der Waals surface area contributed by atoms with Gasteiger partial charge in [0.1, 0.15) is 5.69 Å². The Balaban J connectivity index is 1.42. The van der Waals surface area contributed by atoms with Crippen molar-refractivity contribution in [3.05, 3.63) is 72.2 Å². The van der Waals surface area contributed by atoms with E-state index in [1.807, 2.05) is 32.6 Å². The van der Waals surface area contributed by atoms with E-state index in [9.17, 15) is 4.79 Å². The Bertz CT molecular complexity index is 1250. The lowest BCUT2D eigenvalue weighted by Crippen LogP contribution is -2.47. The van der Waals surface area contributed by atoms with Crippen molar-refractivity contribution in [1.29, 1.82) is 0 Å². The molecule has 3 aromatic rings. The van der Waals surface area contributed by atoms with Crippen molar-refractivity contribution >= 4 is 5.91 Å². The highest BCUT2D eigenvalue weighted by Crippen LogP contribution is 2.44. The summed E-state index contributed by atoms with van der Waals surface area (Å²) in [5, 5.41) is 5.19. The van der Waals surface area contributed by atoms with Gasteiger partial charge in [-0.05, 0) is 80.9 Å². The first kappa shape index (κ1) is 22.2. The van der Waals surface area contributed by atoms with Crippen LogP contribution in [0.25, 0.3) is 22.4 Å². The quantitative estimate of drug-likeness (QED) is 0.472. The smallest absolute Gasteiger partial charge is 0.246 e. The van der Waals surface area contributed by atoms with Gasteiger partial charge in [0, 0.05) is 36.1 Å². The molecular formula is C29H33N5O. The minimum absolute atomic E-state index is 0.106. The van der Waals surface area contributed by atoms with Crippen LogP contribution in [0.1, 0.15) is 42.9 Å². The average molecular weight is 468 g/mol. The maximum atomic E-state index is 13.4. The Morgan fingerprint density at radius 3 is 2.60 bits per heavy atom. The fraction of sp³-hybridized carbons (Fsp3) is 0.414. The monoisotopic (exact) mass is 467 g/mol. The molecule has 0 spiro atoms. The third kappa shape index (κ3) is 4.55. The molecule has 0 unspecified atom stereocenters. The summed E-state index contributed by atoms with van der Waals surface area (Å²) < 4.78 is 2.19. The van der Waals surface area contributed by atoms with Crippen LogP contribution in [0, 0.1) is 5.92 Å². The van der Waals surface area contributed by atoms with Gasteiger partial charge < -0.3 is 9.80 Å². The lowest BCUT2D eigenvalue weighted by atomic mass is 9.96. The van der Waals surface area contributed by atoms with Gasteiger partial charge in [-0.3, -0.25) is 14.5 Å². The molecule has 0 radical (unpaired) electrons. The SMILES string of the molecule is CN(C)C/C=C/C(=O)N1Cc2c(-c3ccncc3)c(-c3cccc(C4CC4)c3)nn2C[C@@H]1C1CC1. The Morgan fingerprint density at radius 1 is 1.09 bits per heavy atom. The van der Waals surface area contributed by atoms with Gasteiger partial charge in [0.05, 0.1) is 24.8 Å². The molecule has 2 aromatic heterocycles. The summed E-state index contributed by atoms with van der Waals surface area (Å²) in [6, 6.07) is 13.2. The Hall–Kier alpha value is -3.25. The average Bonchev–Trinajstić information content (AvgIpc) is 3.79. The van der Waals surface area contributed by atoms with Gasteiger partial charge in [-0.1, -0.05) is 24.3 Å². The van der Waals surface area contributed by atoms with Crippen LogP contribution in [0.2, 0.25) is 0 Å². The molecule has 3 aliphatic rings. The largest absolute Gasteiger partial charge is 0.328 e. The zero-order valence-corrected chi connectivity index (χ0v) is 20.6. The molecule has 2 fully saturated rings.